The van der Waals surface area contributed by atoms with Crippen LogP contribution >= 0.6 is 0 Å². The molecule has 10 nitrogen and oxygen atoms in total. The third kappa shape index (κ3) is 7.76. The van der Waals surface area contributed by atoms with Crippen LogP contribution in [0.5, 0.6) is 0 Å². The molecule has 206 valence electrons. The first kappa shape index (κ1) is 28.0. The number of amides is 2. The first-order valence-corrected chi connectivity index (χ1v) is 12.7. The van der Waals surface area contributed by atoms with Gasteiger partial charge in [-0.1, -0.05) is 65.9 Å². The molecule has 0 saturated carbocycles. The maximum Gasteiger partial charge on any atom is 0.407 e. The quantitative estimate of drug-likeness (QED) is 0.297. The molecule has 3 aromatic carbocycles. The van der Waals surface area contributed by atoms with Gasteiger partial charge in [-0.15, -0.1) is 5.10 Å². The van der Waals surface area contributed by atoms with Gasteiger partial charge in [-0.05, 0) is 50.1 Å². The van der Waals surface area contributed by atoms with Crippen molar-refractivity contribution >= 4 is 18.0 Å². The summed E-state index contributed by atoms with van der Waals surface area (Å²) in [6.07, 6.45) is 1.06. The summed E-state index contributed by atoms with van der Waals surface area (Å²) in [6.45, 7) is 5.72. The SMILES string of the molecule is CC(C)(C)OC(=O)NCc1cn(-c2ccccc2C(=O)NCc2ccccc2C(=O)OCc2ccccc2)nn1. The number of benzene rings is 3. The van der Waals surface area contributed by atoms with Gasteiger partial charge >= 0.3 is 12.1 Å². The highest BCUT2D eigenvalue weighted by Crippen LogP contribution is 2.16. The standard InChI is InChI=1S/C30H31N5O5/c1-30(2,3)40-29(38)32-18-23-19-35(34-33-23)26-16-10-9-15-25(26)27(36)31-17-22-13-7-8-14-24(22)28(37)39-20-21-11-5-4-6-12-21/h4-16,19H,17-18,20H2,1-3H3,(H,31,36)(H,32,38). The number of esters is 1. The molecule has 0 radical (unpaired) electrons. The zero-order valence-corrected chi connectivity index (χ0v) is 22.6. The van der Waals surface area contributed by atoms with E-state index in [0.717, 1.165) is 5.56 Å². The van der Waals surface area contributed by atoms with Crippen molar-refractivity contribution in [3.05, 3.63) is 113 Å². The van der Waals surface area contributed by atoms with E-state index < -0.39 is 17.7 Å². The molecule has 1 aromatic heterocycles. The van der Waals surface area contributed by atoms with Gasteiger partial charge in [0.15, 0.2) is 0 Å². The number of hydrogen-bond acceptors (Lipinski definition) is 7. The molecule has 40 heavy (non-hydrogen) atoms. The molecule has 0 fully saturated rings. The molecular weight excluding hydrogens is 510 g/mol. The van der Waals surface area contributed by atoms with Crippen LogP contribution in [0.4, 0.5) is 4.79 Å². The van der Waals surface area contributed by atoms with Crippen molar-refractivity contribution in [1.29, 1.82) is 0 Å². The Morgan fingerprint density at radius 2 is 1.50 bits per heavy atom. The van der Waals surface area contributed by atoms with Crippen LogP contribution in [-0.4, -0.2) is 38.6 Å². The Bertz CT molecular complexity index is 1480. The third-order valence-electron chi connectivity index (χ3n) is 5.64. The van der Waals surface area contributed by atoms with E-state index in [-0.39, 0.29) is 25.6 Å². The Hall–Kier alpha value is -4.99. The van der Waals surface area contributed by atoms with Gasteiger partial charge in [-0.3, -0.25) is 4.79 Å². The first-order valence-electron chi connectivity index (χ1n) is 12.7. The van der Waals surface area contributed by atoms with Gasteiger partial charge in [0.2, 0.25) is 0 Å². The third-order valence-corrected chi connectivity index (χ3v) is 5.64. The second-order valence-electron chi connectivity index (χ2n) is 9.93. The number of carbonyl (C=O) groups is 3. The zero-order valence-electron chi connectivity index (χ0n) is 22.6. The zero-order chi connectivity index (χ0) is 28.5. The average Bonchev–Trinajstić information content (AvgIpc) is 3.42. The predicted molar refractivity (Wildman–Crippen MR) is 148 cm³/mol. The molecule has 0 unspecified atom stereocenters. The van der Waals surface area contributed by atoms with Gasteiger partial charge in [0.25, 0.3) is 5.91 Å². The highest BCUT2D eigenvalue weighted by atomic mass is 16.6. The van der Waals surface area contributed by atoms with Crippen molar-refractivity contribution in [2.75, 3.05) is 0 Å². The fourth-order valence-corrected chi connectivity index (χ4v) is 3.78. The van der Waals surface area contributed by atoms with E-state index >= 15 is 0 Å². The maximum absolute atomic E-state index is 13.2. The second-order valence-corrected chi connectivity index (χ2v) is 9.93. The summed E-state index contributed by atoms with van der Waals surface area (Å²) in [6, 6.07) is 23.3. The number of para-hydroxylation sites is 1. The Labute approximate surface area is 232 Å². The fraction of sp³-hybridized carbons (Fsp3) is 0.233. The Balaban J connectivity index is 1.40. The summed E-state index contributed by atoms with van der Waals surface area (Å²) in [7, 11) is 0. The molecule has 10 heteroatoms. The van der Waals surface area contributed by atoms with E-state index in [2.05, 4.69) is 20.9 Å². The summed E-state index contributed by atoms with van der Waals surface area (Å²) >= 11 is 0. The molecule has 0 spiro atoms. The predicted octanol–water partition coefficient (Wildman–Crippen LogP) is 4.58. The second kappa shape index (κ2) is 12.7. The maximum atomic E-state index is 13.2. The molecule has 0 aliphatic heterocycles. The van der Waals surface area contributed by atoms with Crippen molar-refractivity contribution in [2.24, 2.45) is 0 Å². The molecule has 2 amide bonds. The van der Waals surface area contributed by atoms with Crippen LogP contribution in [0.3, 0.4) is 0 Å². The van der Waals surface area contributed by atoms with Gasteiger partial charge in [0.1, 0.15) is 17.9 Å². The normalized spacial score (nSPS) is 11.0. The van der Waals surface area contributed by atoms with Crippen molar-refractivity contribution < 1.29 is 23.9 Å². The van der Waals surface area contributed by atoms with Gasteiger partial charge in [-0.25, -0.2) is 14.3 Å². The van der Waals surface area contributed by atoms with E-state index in [1.807, 2.05) is 30.3 Å². The average molecular weight is 542 g/mol. The number of ether oxygens (including phenoxy) is 2. The van der Waals surface area contributed by atoms with E-state index in [0.29, 0.717) is 28.1 Å². The van der Waals surface area contributed by atoms with Gasteiger partial charge < -0.3 is 20.1 Å². The molecule has 0 saturated heterocycles. The first-order chi connectivity index (χ1) is 19.2. The van der Waals surface area contributed by atoms with Crippen molar-refractivity contribution in [1.82, 2.24) is 25.6 Å². The molecule has 4 rings (SSSR count). The van der Waals surface area contributed by atoms with Crippen LogP contribution in [0.2, 0.25) is 0 Å². The smallest absolute Gasteiger partial charge is 0.407 e. The highest BCUT2D eigenvalue weighted by molar-refractivity contribution is 5.98. The Kier molecular flexibility index (Phi) is 8.90. The molecule has 0 aliphatic carbocycles. The van der Waals surface area contributed by atoms with E-state index in [9.17, 15) is 14.4 Å². The minimum absolute atomic E-state index is 0.112. The largest absolute Gasteiger partial charge is 0.457 e. The van der Waals surface area contributed by atoms with Gasteiger partial charge in [-0.2, -0.15) is 0 Å². The number of nitrogens with one attached hydrogen (secondary N) is 2. The summed E-state index contributed by atoms with van der Waals surface area (Å²) in [4.78, 5) is 37.9. The highest BCUT2D eigenvalue weighted by Gasteiger charge is 2.18. The molecule has 2 N–H and O–H groups in total. The Morgan fingerprint density at radius 1 is 0.825 bits per heavy atom. The molecular formula is C30H31N5O5. The number of carbonyl (C=O) groups excluding carboxylic acids is 3. The van der Waals surface area contributed by atoms with Crippen molar-refractivity contribution in [3.63, 3.8) is 0 Å². The summed E-state index contributed by atoms with van der Waals surface area (Å²) in [5.74, 6) is -0.823. The van der Waals surface area contributed by atoms with Gasteiger partial charge in [0, 0.05) is 6.54 Å². The topological polar surface area (TPSA) is 124 Å². The minimum Gasteiger partial charge on any atom is -0.457 e. The lowest BCUT2D eigenvalue weighted by molar-refractivity contribution is 0.0469. The Morgan fingerprint density at radius 3 is 2.25 bits per heavy atom. The van der Waals surface area contributed by atoms with Crippen molar-refractivity contribution in [3.8, 4) is 5.69 Å². The number of nitrogens with zero attached hydrogens (tertiary/aromatic N) is 3. The number of hydrogen-bond donors (Lipinski definition) is 2. The molecule has 4 aromatic rings. The minimum atomic E-state index is -0.614. The molecule has 0 atom stereocenters. The fourth-order valence-electron chi connectivity index (χ4n) is 3.78. The van der Waals surface area contributed by atoms with Crippen LogP contribution in [0.25, 0.3) is 5.69 Å². The van der Waals surface area contributed by atoms with E-state index in [1.54, 1.807) is 75.5 Å². The lowest BCUT2D eigenvalue weighted by Crippen LogP contribution is -2.32. The van der Waals surface area contributed by atoms with Crippen LogP contribution in [0.1, 0.15) is 58.3 Å². The van der Waals surface area contributed by atoms with Crippen LogP contribution in [-0.2, 0) is 29.2 Å². The van der Waals surface area contributed by atoms with Crippen LogP contribution in [0, 0.1) is 0 Å². The van der Waals surface area contributed by atoms with Crippen LogP contribution in [0.15, 0.2) is 85.1 Å². The molecule has 0 aliphatic rings. The van der Waals surface area contributed by atoms with Crippen molar-refractivity contribution in [2.45, 2.75) is 46.1 Å². The molecule has 1 heterocycles. The summed E-state index contributed by atoms with van der Waals surface area (Å²) in [5.41, 5.74) is 2.64. The van der Waals surface area contributed by atoms with E-state index in [4.69, 9.17) is 9.47 Å². The number of aromatic nitrogens is 3. The lowest BCUT2D eigenvalue weighted by atomic mass is 10.1. The lowest BCUT2D eigenvalue weighted by Gasteiger charge is -2.19. The number of alkyl carbamates (subject to hydrolysis) is 1. The summed E-state index contributed by atoms with van der Waals surface area (Å²) in [5, 5.41) is 13.7. The summed E-state index contributed by atoms with van der Waals surface area (Å²) < 4.78 is 12.2. The van der Waals surface area contributed by atoms with Gasteiger partial charge in [0.05, 0.1) is 29.6 Å². The number of rotatable bonds is 9. The van der Waals surface area contributed by atoms with Crippen LogP contribution < -0.4 is 10.6 Å². The molecule has 0 bridgehead atoms. The van der Waals surface area contributed by atoms with E-state index in [1.165, 1.54) is 4.68 Å². The monoisotopic (exact) mass is 541 g/mol.